The lowest BCUT2D eigenvalue weighted by atomic mass is 10.2. The average Bonchev–Trinajstić information content (AvgIpc) is 2.57. The monoisotopic (exact) mass is 167 g/mol. The standard InChI is InChI=1S/C10H15O2/c1-2-11-8-4-3-6-10-7-5-9-12-10/h5,7,9H,1-4,6,8H2. The molecule has 0 spiro atoms. The molecule has 0 bridgehead atoms. The summed E-state index contributed by atoms with van der Waals surface area (Å²) in [5, 5.41) is 0. The van der Waals surface area contributed by atoms with Crippen LogP contribution in [0.3, 0.4) is 0 Å². The summed E-state index contributed by atoms with van der Waals surface area (Å²) in [4.78, 5) is 0. The minimum atomic E-state index is 0.570. The number of rotatable bonds is 6. The zero-order valence-corrected chi connectivity index (χ0v) is 7.29. The van der Waals surface area contributed by atoms with E-state index in [1.807, 2.05) is 12.1 Å². The van der Waals surface area contributed by atoms with Crippen LogP contribution in [-0.4, -0.2) is 13.2 Å². The van der Waals surface area contributed by atoms with E-state index in [2.05, 4.69) is 6.92 Å². The molecule has 67 valence electrons. The summed E-state index contributed by atoms with van der Waals surface area (Å²) < 4.78 is 10.3. The fourth-order valence-corrected chi connectivity index (χ4v) is 1.06. The molecule has 0 saturated carbocycles. The van der Waals surface area contributed by atoms with Gasteiger partial charge in [0.1, 0.15) is 5.76 Å². The van der Waals surface area contributed by atoms with Gasteiger partial charge in [-0.1, -0.05) is 0 Å². The zero-order valence-electron chi connectivity index (χ0n) is 7.29. The molecule has 0 aliphatic heterocycles. The maximum atomic E-state index is 5.19. The molecule has 1 heterocycles. The third kappa shape index (κ3) is 3.58. The van der Waals surface area contributed by atoms with Crippen molar-refractivity contribution in [3.8, 4) is 0 Å². The van der Waals surface area contributed by atoms with Crippen LogP contribution in [0.4, 0.5) is 0 Å². The predicted molar refractivity (Wildman–Crippen MR) is 47.8 cm³/mol. The maximum absolute atomic E-state index is 5.19. The highest BCUT2D eigenvalue weighted by Gasteiger charge is 1.94. The van der Waals surface area contributed by atoms with Crippen molar-refractivity contribution in [3.05, 3.63) is 31.1 Å². The fraction of sp³-hybridized carbons (Fsp3) is 0.500. The molecular formula is C10H15O2. The molecule has 0 aliphatic rings. The van der Waals surface area contributed by atoms with Gasteiger partial charge in [-0.05, 0) is 31.9 Å². The Balaban J connectivity index is 1.96. The van der Waals surface area contributed by atoms with E-state index in [1.165, 1.54) is 0 Å². The van der Waals surface area contributed by atoms with Gasteiger partial charge in [-0.3, -0.25) is 0 Å². The summed E-state index contributed by atoms with van der Waals surface area (Å²) in [5.74, 6) is 1.06. The van der Waals surface area contributed by atoms with E-state index in [0.717, 1.165) is 31.6 Å². The molecule has 0 unspecified atom stereocenters. The molecule has 0 fully saturated rings. The van der Waals surface area contributed by atoms with Crippen LogP contribution in [0.1, 0.15) is 18.6 Å². The lowest BCUT2D eigenvalue weighted by Gasteiger charge is -1.99. The van der Waals surface area contributed by atoms with Gasteiger partial charge in [0.15, 0.2) is 0 Å². The van der Waals surface area contributed by atoms with Crippen molar-refractivity contribution in [1.29, 1.82) is 0 Å². The summed E-state index contributed by atoms with van der Waals surface area (Å²) in [6.45, 7) is 4.97. The first-order valence-corrected chi connectivity index (χ1v) is 4.33. The van der Waals surface area contributed by atoms with Crippen molar-refractivity contribution in [2.24, 2.45) is 0 Å². The average molecular weight is 167 g/mol. The second-order valence-electron chi connectivity index (χ2n) is 2.65. The highest BCUT2D eigenvalue weighted by molar-refractivity contribution is 4.97. The number of hydrogen-bond donors (Lipinski definition) is 0. The first-order chi connectivity index (χ1) is 5.93. The van der Waals surface area contributed by atoms with Gasteiger partial charge in [-0.2, -0.15) is 0 Å². The number of aryl methyl sites for hydroxylation is 1. The third-order valence-corrected chi connectivity index (χ3v) is 1.69. The zero-order chi connectivity index (χ0) is 8.65. The van der Waals surface area contributed by atoms with Crippen LogP contribution in [0, 0.1) is 6.92 Å². The van der Waals surface area contributed by atoms with Gasteiger partial charge in [0.25, 0.3) is 0 Å². The molecule has 0 amide bonds. The maximum Gasteiger partial charge on any atom is 0.103 e. The fourth-order valence-electron chi connectivity index (χ4n) is 1.06. The van der Waals surface area contributed by atoms with Gasteiger partial charge in [-0.25, -0.2) is 0 Å². The van der Waals surface area contributed by atoms with Crippen molar-refractivity contribution >= 4 is 0 Å². The summed E-state index contributed by atoms with van der Waals surface area (Å²) in [6, 6.07) is 3.92. The Bertz CT molecular complexity index is 180. The van der Waals surface area contributed by atoms with Crippen LogP contribution in [0.15, 0.2) is 22.8 Å². The normalized spacial score (nSPS) is 10.4. The highest BCUT2D eigenvalue weighted by atomic mass is 16.5. The molecular weight excluding hydrogens is 152 g/mol. The summed E-state index contributed by atoms with van der Waals surface area (Å²) >= 11 is 0. The van der Waals surface area contributed by atoms with Crippen molar-refractivity contribution < 1.29 is 9.15 Å². The van der Waals surface area contributed by atoms with E-state index in [1.54, 1.807) is 6.26 Å². The van der Waals surface area contributed by atoms with Crippen LogP contribution in [0.25, 0.3) is 0 Å². The summed E-state index contributed by atoms with van der Waals surface area (Å²) in [6.07, 6.45) is 4.92. The first kappa shape index (κ1) is 9.33. The van der Waals surface area contributed by atoms with Crippen LogP contribution in [-0.2, 0) is 11.2 Å². The Morgan fingerprint density at radius 2 is 2.33 bits per heavy atom. The third-order valence-electron chi connectivity index (χ3n) is 1.69. The van der Waals surface area contributed by atoms with E-state index in [-0.39, 0.29) is 0 Å². The van der Waals surface area contributed by atoms with E-state index in [0.29, 0.717) is 6.61 Å². The second kappa shape index (κ2) is 5.84. The molecule has 1 aromatic rings. The number of unbranched alkanes of at least 4 members (excludes halogenated alkanes) is 1. The molecule has 1 radical (unpaired) electrons. The number of hydrogen-bond acceptors (Lipinski definition) is 2. The Hall–Kier alpha value is -0.760. The van der Waals surface area contributed by atoms with E-state index < -0.39 is 0 Å². The molecule has 0 aliphatic carbocycles. The van der Waals surface area contributed by atoms with Crippen LogP contribution in [0.5, 0.6) is 0 Å². The Morgan fingerprint density at radius 3 is 3.00 bits per heavy atom. The minimum absolute atomic E-state index is 0.570. The molecule has 2 nitrogen and oxygen atoms in total. The molecule has 1 aromatic heterocycles. The van der Waals surface area contributed by atoms with Crippen LogP contribution >= 0.6 is 0 Å². The number of ether oxygens (including phenoxy) is 1. The Labute approximate surface area is 73.5 Å². The summed E-state index contributed by atoms with van der Waals surface area (Å²) in [7, 11) is 0. The van der Waals surface area contributed by atoms with E-state index in [9.17, 15) is 0 Å². The molecule has 0 atom stereocenters. The van der Waals surface area contributed by atoms with Crippen molar-refractivity contribution in [2.45, 2.75) is 19.3 Å². The molecule has 1 rings (SSSR count). The van der Waals surface area contributed by atoms with Gasteiger partial charge in [0, 0.05) is 19.6 Å². The lowest BCUT2D eigenvalue weighted by molar-refractivity contribution is 0.156. The molecule has 0 saturated heterocycles. The first-order valence-electron chi connectivity index (χ1n) is 4.33. The second-order valence-corrected chi connectivity index (χ2v) is 2.65. The topological polar surface area (TPSA) is 22.4 Å². The highest BCUT2D eigenvalue weighted by Crippen LogP contribution is 2.05. The van der Waals surface area contributed by atoms with Crippen LogP contribution < -0.4 is 0 Å². The van der Waals surface area contributed by atoms with Gasteiger partial charge >= 0.3 is 0 Å². The van der Waals surface area contributed by atoms with Gasteiger partial charge in [-0.15, -0.1) is 0 Å². The predicted octanol–water partition coefficient (Wildman–Crippen LogP) is 2.45. The minimum Gasteiger partial charge on any atom is -0.469 e. The quantitative estimate of drug-likeness (QED) is 0.607. The van der Waals surface area contributed by atoms with Gasteiger partial charge in [0.2, 0.25) is 0 Å². The van der Waals surface area contributed by atoms with E-state index in [4.69, 9.17) is 9.15 Å². The van der Waals surface area contributed by atoms with Gasteiger partial charge < -0.3 is 9.15 Å². The van der Waals surface area contributed by atoms with Crippen molar-refractivity contribution in [1.82, 2.24) is 0 Å². The number of furan rings is 1. The lowest BCUT2D eigenvalue weighted by Crippen LogP contribution is -1.94. The molecule has 2 heteroatoms. The Morgan fingerprint density at radius 1 is 1.42 bits per heavy atom. The van der Waals surface area contributed by atoms with Crippen molar-refractivity contribution in [3.63, 3.8) is 0 Å². The van der Waals surface area contributed by atoms with Crippen LogP contribution in [0.2, 0.25) is 0 Å². The smallest absolute Gasteiger partial charge is 0.103 e. The molecule has 0 N–H and O–H groups in total. The van der Waals surface area contributed by atoms with Gasteiger partial charge in [0.05, 0.1) is 6.26 Å². The summed E-state index contributed by atoms with van der Waals surface area (Å²) in [5.41, 5.74) is 0. The Kier molecular flexibility index (Phi) is 4.54. The van der Waals surface area contributed by atoms with E-state index >= 15 is 0 Å². The molecule has 12 heavy (non-hydrogen) atoms. The van der Waals surface area contributed by atoms with Crippen molar-refractivity contribution in [2.75, 3.05) is 13.2 Å². The SMILES string of the molecule is [CH2]COCCCCc1ccco1. The largest absolute Gasteiger partial charge is 0.469 e. The molecule has 0 aromatic carbocycles.